The van der Waals surface area contributed by atoms with E-state index in [0.717, 1.165) is 46.4 Å². The number of hydrogen-bond donors (Lipinski definition) is 3. The smallest absolute Gasteiger partial charge is 0.332 e. The SMILES string of the molecule is CCCc1cc(C(=O)C[C@H](Cc2ccccc2)[C@@H](O)C(=O)O)nn1Cc1ccc(-c2ccccc2-c2nn[nH]n2)cc1. The van der Waals surface area contributed by atoms with Gasteiger partial charge in [0.1, 0.15) is 5.69 Å². The Kier molecular flexibility index (Phi) is 8.93. The first-order valence-corrected chi connectivity index (χ1v) is 13.9. The fourth-order valence-electron chi connectivity index (χ4n) is 5.11. The summed E-state index contributed by atoms with van der Waals surface area (Å²) in [5.41, 5.74) is 5.93. The van der Waals surface area contributed by atoms with Gasteiger partial charge in [-0.1, -0.05) is 92.2 Å². The number of hydrogen-bond acceptors (Lipinski definition) is 7. The highest BCUT2D eigenvalue weighted by atomic mass is 16.4. The van der Waals surface area contributed by atoms with E-state index >= 15 is 0 Å². The van der Waals surface area contributed by atoms with Crippen LogP contribution in [0.25, 0.3) is 22.5 Å². The maximum atomic E-state index is 13.3. The molecule has 10 heteroatoms. The number of carboxylic acid groups (broad SMARTS) is 1. The predicted octanol–water partition coefficient (Wildman–Crippen LogP) is 4.61. The molecule has 214 valence electrons. The van der Waals surface area contributed by atoms with Crippen molar-refractivity contribution in [2.75, 3.05) is 0 Å². The number of aromatic nitrogens is 6. The zero-order valence-corrected chi connectivity index (χ0v) is 23.2. The van der Waals surface area contributed by atoms with Gasteiger partial charge in [0.05, 0.1) is 6.54 Å². The zero-order chi connectivity index (χ0) is 29.5. The van der Waals surface area contributed by atoms with Crippen LogP contribution in [0.3, 0.4) is 0 Å². The van der Waals surface area contributed by atoms with Gasteiger partial charge in [0.2, 0.25) is 5.82 Å². The molecule has 0 spiro atoms. The van der Waals surface area contributed by atoms with Crippen molar-refractivity contribution in [3.8, 4) is 22.5 Å². The largest absolute Gasteiger partial charge is 0.479 e. The van der Waals surface area contributed by atoms with Crippen LogP contribution in [0.5, 0.6) is 0 Å². The van der Waals surface area contributed by atoms with Gasteiger partial charge in [0.25, 0.3) is 0 Å². The number of aromatic amines is 1. The number of carboxylic acids is 1. The zero-order valence-electron chi connectivity index (χ0n) is 23.2. The van der Waals surface area contributed by atoms with E-state index in [1.54, 1.807) is 6.07 Å². The summed E-state index contributed by atoms with van der Waals surface area (Å²) in [6.45, 7) is 2.54. The van der Waals surface area contributed by atoms with E-state index < -0.39 is 18.0 Å². The van der Waals surface area contributed by atoms with Gasteiger partial charge in [-0.3, -0.25) is 9.48 Å². The molecule has 0 amide bonds. The molecular formula is C32H32N6O4. The van der Waals surface area contributed by atoms with Crippen molar-refractivity contribution in [2.24, 2.45) is 5.92 Å². The normalized spacial score (nSPS) is 12.6. The number of benzene rings is 3. The number of rotatable bonds is 13. The maximum absolute atomic E-state index is 13.3. The molecule has 0 radical (unpaired) electrons. The molecule has 42 heavy (non-hydrogen) atoms. The average Bonchev–Trinajstić information content (AvgIpc) is 3.68. The van der Waals surface area contributed by atoms with Crippen molar-refractivity contribution in [3.63, 3.8) is 0 Å². The number of aliphatic hydroxyl groups excluding tert-OH is 1. The minimum atomic E-state index is -1.66. The number of aryl methyl sites for hydroxylation is 1. The molecule has 2 heterocycles. The molecule has 0 bridgehead atoms. The fourth-order valence-corrected chi connectivity index (χ4v) is 5.11. The second kappa shape index (κ2) is 13.1. The molecule has 0 fully saturated rings. The number of carbonyl (C=O) groups excluding carboxylic acids is 1. The minimum absolute atomic E-state index is 0.126. The third-order valence-corrected chi connectivity index (χ3v) is 7.25. The van der Waals surface area contributed by atoms with E-state index in [-0.39, 0.29) is 24.3 Å². The molecule has 0 aliphatic heterocycles. The lowest BCUT2D eigenvalue weighted by atomic mass is 9.88. The van der Waals surface area contributed by atoms with Crippen molar-refractivity contribution in [3.05, 3.63) is 107 Å². The number of ketones is 1. The van der Waals surface area contributed by atoms with Crippen LogP contribution in [0.4, 0.5) is 0 Å². The topological polar surface area (TPSA) is 147 Å². The van der Waals surface area contributed by atoms with Crippen LogP contribution < -0.4 is 0 Å². The Morgan fingerprint density at radius 3 is 2.31 bits per heavy atom. The standard InChI is InChI=1S/C32H32N6O4/c1-2-8-25-19-28(29(39)18-24(30(40)32(41)42)17-21-9-4-3-5-10-21)35-38(25)20-22-13-15-23(16-14-22)26-11-6-7-12-27(26)31-33-36-37-34-31/h3-7,9-16,19,24,30,40H,2,8,17-18,20H2,1H3,(H,41,42)(H,33,34,36,37)/t24-,30+/m0/s1. The fraction of sp³-hybridized carbons (Fsp3) is 0.250. The third-order valence-electron chi connectivity index (χ3n) is 7.25. The van der Waals surface area contributed by atoms with E-state index in [1.165, 1.54) is 0 Å². The lowest BCUT2D eigenvalue weighted by Crippen LogP contribution is -2.32. The van der Waals surface area contributed by atoms with Crippen molar-refractivity contribution < 1.29 is 19.8 Å². The van der Waals surface area contributed by atoms with Gasteiger partial charge in [-0.05, 0) is 46.4 Å². The highest BCUT2D eigenvalue weighted by Crippen LogP contribution is 2.30. The molecule has 5 rings (SSSR count). The van der Waals surface area contributed by atoms with Gasteiger partial charge in [0, 0.05) is 23.6 Å². The average molecular weight is 565 g/mol. The summed E-state index contributed by atoms with van der Waals surface area (Å²) in [7, 11) is 0. The van der Waals surface area contributed by atoms with E-state index in [4.69, 9.17) is 0 Å². The van der Waals surface area contributed by atoms with Crippen LogP contribution >= 0.6 is 0 Å². The molecule has 10 nitrogen and oxygen atoms in total. The first-order chi connectivity index (χ1) is 20.4. The highest BCUT2D eigenvalue weighted by Gasteiger charge is 2.29. The van der Waals surface area contributed by atoms with Crippen LogP contribution in [0, 0.1) is 5.92 Å². The number of tetrazole rings is 1. The highest BCUT2D eigenvalue weighted by molar-refractivity contribution is 5.95. The number of nitrogens with one attached hydrogen (secondary N) is 1. The van der Waals surface area contributed by atoms with E-state index in [1.807, 2.05) is 83.5 Å². The molecule has 0 saturated heterocycles. The van der Waals surface area contributed by atoms with Crippen molar-refractivity contribution in [1.29, 1.82) is 0 Å². The van der Waals surface area contributed by atoms with Gasteiger partial charge >= 0.3 is 5.97 Å². The number of carbonyl (C=O) groups is 2. The molecule has 0 aliphatic carbocycles. The summed E-state index contributed by atoms with van der Waals surface area (Å²) in [5, 5.41) is 38.9. The minimum Gasteiger partial charge on any atom is -0.479 e. The maximum Gasteiger partial charge on any atom is 0.332 e. The van der Waals surface area contributed by atoms with Crippen molar-refractivity contribution >= 4 is 11.8 Å². The molecule has 0 saturated carbocycles. The molecule has 0 unspecified atom stereocenters. The summed E-state index contributed by atoms with van der Waals surface area (Å²) in [6.07, 6.45) is 0.0979. The molecular weight excluding hydrogens is 532 g/mol. The predicted molar refractivity (Wildman–Crippen MR) is 157 cm³/mol. The van der Waals surface area contributed by atoms with Gasteiger partial charge in [-0.25, -0.2) is 4.79 Å². The number of nitrogens with zero attached hydrogens (tertiary/aromatic N) is 5. The Morgan fingerprint density at radius 1 is 0.929 bits per heavy atom. The van der Waals surface area contributed by atoms with Crippen LogP contribution in [0.15, 0.2) is 84.9 Å². The Labute approximate surface area is 243 Å². The Morgan fingerprint density at radius 2 is 1.64 bits per heavy atom. The summed E-state index contributed by atoms with van der Waals surface area (Å²) in [6, 6.07) is 27.0. The Balaban J connectivity index is 1.34. The van der Waals surface area contributed by atoms with Crippen LogP contribution in [0.1, 0.15) is 47.1 Å². The number of aliphatic hydroxyl groups is 1. The van der Waals surface area contributed by atoms with E-state index in [2.05, 4.69) is 32.6 Å². The Bertz CT molecular complexity index is 1630. The number of Topliss-reactive ketones (excluding diaryl/α,β-unsaturated/α-hetero) is 1. The molecule has 2 aromatic heterocycles. The number of H-pyrrole nitrogens is 1. The second-order valence-corrected chi connectivity index (χ2v) is 10.3. The summed E-state index contributed by atoms with van der Waals surface area (Å²) >= 11 is 0. The molecule has 3 aromatic carbocycles. The van der Waals surface area contributed by atoms with E-state index in [9.17, 15) is 19.8 Å². The lowest BCUT2D eigenvalue weighted by molar-refractivity contribution is -0.149. The molecule has 0 aliphatic rings. The molecule has 3 N–H and O–H groups in total. The summed E-state index contributed by atoms with van der Waals surface area (Å²) < 4.78 is 1.83. The number of aliphatic carboxylic acids is 1. The first kappa shape index (κ1) is 28.6. The summed E-state index contributed by atoms with van der Waals surface area (Å²) in [5.74, 6) is -1.89. The quantitative estimate of drug-likeness (QED) is 0.176. The third kappa shape index (κ3) is 6.67. The Hall–Kier alpha value is -4.96. The van der Waals surface area contributed by atoms with Crippen molar-refractivity contribution in [1.82, 2.24) is 30.4 Å². The lowest BCUT2D eigenvalue weighted by Gasteiger charge is -2.19. The van der Waals surface area contributed by atoms with Gasteiger partial charge in [-0.15, -0.1) is 10.2 Å². The van der Waals surface area contributed by atoms with Gasteiger partial charge in [-0.2, -0.15) is 10.3 Å². The van der Waals surface area contributed by atoms with Gasteiger partial charge < -0.3 is 10.2 Å². The first-order valence-electron chi connectivity index (χ1n) is 13.9. The van der Waals surface area contributed by atoms with Crippen molar-refractivity contribution in [2.45, 2.75) is 45.3 Å². The molecule has 5 aromatic rings. The van der Waals surface area contributed by atoms with Crippen LogP contribution in [-0.4, -0.2) is 58.5 Å². The monoisotopic (exact) mass is 564 g/mol. The van der Waals surface area contributed by atoms with Gasteiger partial charge in [0.15, 0.2) is 11.9 Å². The summed E-state index contributed by atoms with van der Waals surface area (Å²) in [4.78, 5) is 24.9. The second-order valence-electron chi connectivity index (χ2n) is 10.3. The molecule has 2 atom stereocenters. The van der Waals surface area contributed by atoms with Crippen LogP contribution in [-0.2, 0) is 24.2 Å². The van der Waals surface area contributed by atoms with Crippen LogP contribution in [0.2, 0.25) is 0 Å². The van der Waals surface area contributed by atoms with E-state index in [0.29, 0.717) is 12.4 Å².